The molecule has 2 aromatic rings. The standard InChI is InChI=1S/C16H18N4O4S2/c1-9(2)15-17-18-16(25-15)19-26(23,24)11-4-5-12(10(3)8-11)20-13(21)6-7-14(20)22/h4-5,8-9H,6-7H2,1-3H3,(H,18,19). The lowest BCUT2D eigenvalue weighted by atomic mass is 10.2. The van der Waals surface area contributed by atoms with Gasteiger partial charge in [0.2, 0.25) is 16.9 Å². The third-order valence-corrected chi connectivity index (χ3v) is 6.53. The fraction of sp³-hybridized carbons (Fsp3) is 0.375. The van der Waals surface area contributed by atoms with Gasteiger partial charge in [-0.25, -0.2) is 8.42 Å². The molecule has 3 rings (SSSR count). The number of imide groups is 1. The average Bonchev–Trinajstić information content (AvgIpc) is 3.14. The number of amides is 2. The van der Waals surface area contributed by atoms with Gasteiger partial charge in [0.15, 0.2) is 0 Å². The minimum atomic E-state index is -3.85. The molecule has 0 bridgehead atoms. The lowest BCUT2D eigenvalue weighted by molar-refractivity contribution is -0.121. The molecule has 0 aliphatic carbocycles. The number of aromatic nitrogens is 2. The highest BCUT2D eigenvalue weighted by Gasteiger charge is 2.31. The molecule has 1 aliphatic rings. The second kappa shape index (κ2) is 6.76. The molecule has 1 aromatic carbocycles. The third kappa shape index (κ3) is 3.47. The normalized spacial score (nSPS) is 15.2. The van der Waals surface area contributed by atoms with Crippen molar-refractivity contribution in [2.24, 2.45) is 0 Å². The molecule has 26 heavy (non-hydrogen) atoms. The highest BCUT2D eigenvalue weighted by molar-refractivity contribution is 7.93. The molecule has 0 atom stereocenters. The highest BCUT2D eigenvalue weighted by atomic mass is 32.2. The van der Waals surface area contributed by atoms with Gasteiger partial charge in [0.05, 0.1) is 10.6 Å². The summed E-state index contributed by atoms with van der Waals surface area (Å²) in [5.74, 6) is -0.397. The molecule has 1 N–H and O–H groups in total. The number of carbonyl (C=O) groups excluding carboxylic acids is 2. The van der Waals surface area contributed by atoms with Gasteiger partial charge in [-0.1, -0.05) is 25.2 Å². The van der Waals surface area contributed by atoms with Crippen molar-refractivity contribution < 1.29 is 18.0 Å². The number of nitrogens with one attached hydrogen (secondary N) is 1. The van der Waals surface area contributed by atoms with Gasteiger partial charge in [0.1, 0.15) is 5.01 Å². The topological polar surface area (TPSA) is 109 Å². The van der Waals surface area contributed by atoms with Crippen molar-refractivity contribution in [2.75, 3.05) is 9.62 Å². The van der Waals surface area contributed by atoms with Crippen LogP contribution in [-0.4, -0.2) is 30.4 Å². The van der Waals surface area contributed by atoms with E-state index >= 15 is 0 Å². The molecule has 0 saturated carbocycles. The first-order chi connectivity index (χ1) is 12.2. The van der Waals surface area contributed by atoms with E-state index in [2.05, 4.69) is 14.9 Å². The number of aryl methyl sites for hydroxylation is 1. The zero-order valence-corrected chi connectivity index (χ0v) is 16.1. The quantitative estimate of drug-likeness (QED) is 0.780. The maximum Gasteiger partial charge on any atom is 0.263 e. The van der Waals surface area contributed by atoms with Gasteiger partial charge in [-0.05, 0) is 30.7 Å². The van der Waals surface area contributed by atoms with Crippen LogP contribution < -0.4 is 9.62 Å². The van der Waals surface area contributed by atoms with Crippen LogP contribution in [0.2, 0.25) is 0 Å². The van der Waals surface area contributed by atoms with Crippen molar-refractivity contribution >= 4 is 44.0 Å². The van der Waals surface area contributed by atoms with Crippen molar-refractivity contribution in [2.45, 2.75) is 44.4 Å². The first kappa shape index (κ1) is 18.5. The largest absolute Gasteiger partial charge is 0.274 e. The van der Waals surface area contributed by atoms with Gasteiger partial charge in [0, 0.05) is 18.8 Å². The zero-order valence-electron chi connectivity index (χ0n) is 14.5. The van der Waals surface area contributed by atoms with Crippen molar-refractivity contribution in [1.82, 2.24) is 10.2 Å². The van der Waals surface area contributed by atoms with E-state index in [9.17, 15) is 18.0 Å². The molecule has 1 aromatic heterocycles. The first-order valence-corrected chi connectivity index (χ1v) is 10.3. The van der Waals surface area contributed by atoms with Crippen LogP contribution in [0.3, 0.4) is 0 Å². The molecule has 1 fully saturated rings. The van der Waals surface area contributed by atoms with Gasteiger partial charge < -0.3 is 0 Å². The number of sulfonamides is 1. The number of carbonyl (C=O) groups is 2. The van der Waals surface area contributed by atoms with E-state index in [1.165, 1.54) is 29.5 Å². The van der Waals surface area contributed by atoms with Gasteiger partial charge in [-0.3, -0.25) is 19.2 Å². The Labute approximate surface area is 155 Å². The fourth-order valence-electron chi connectivity index (χ4n) is 2.57. The van der Waals surface area contributed by atoms with Crippen LogP contribution in [0, 0.1) is 6.92 Å². The second-order valence-corrected chi connectivity index (χ2v) is 8.97. The Morgan fingerprint density at radius 1 is 1.15 bits per heavy atom. The van der Waals surface area contributed by atoms with Crippen LogP contribution in [-0.2, 0) is 19.6 Å². The second-order valence-electron chi connectivity index (χ2n) is 6.28. The Kier molecular flexibility index (Phi) is 4.80. The molecule has 1 aliphatic heterocycles. The number of nitrogens with zero attached hydrogens (tertiary/aromatic N) is 3. The first-order valence-electron chi connectivity index (χ1n) is 8.01. The Hall–Kier alpha value is -2.33. The van der Waals surface area contributed by atoms with Crippen molar-refractivity contribution in [3.05, 3.63) is 28.8 Å². The average molecular weight is 394 g/mol. The molecule has 2 amide bonds. The summed E-state index contributed by atoms with van der Waals surface area (Å²) in [7, 11) is -3.85. The van der Waals surface area contributed by atoms with E-state index < -0.39 is 10.0 Å². The summed E-state index contributed by atoms with van der Waals surface area (Å²) in [6.45, 7) is 5.55. The summed E-state index contributed by atoms with van der Waals surface area (Å²) >= 11 is 1.18. The lowest BCUT2D eigenvalue weighted by Crippen LogP contribution is -2.29. The summed E-state index contributed by atoms with van der Waals surface area (Å²) in [6, 6.07) is 4.28. The van der Waals surface area contributed by atoms with E-state index in [4.69, 9.17) is 0 Å². The number of anilines is 2. The van der Waals surface area contributed by atoms with Crippen LogP contribution in [0.1, 0.15) is 43.2 Å². The molecule has 138 valence electrons. The van der Waals surface area contributed by atoms with Gasteiger partial charge >= 0.3 is 0 Å². The van der Waals surface area contributed by atoms with Crippen molar-refractivity contribution in [3.63, 3.8) is 0 Å². The number of benzene rings is 1. The lowest BCUT2D eigenvalue weighted by Gasteiger charge is -2.17. The SMILES string of the molecule is Cc1cc(S(=O)(=O)Nc2nnc(C(C)C)s2)ccc1N1C(=O)CCC1=O. The number of rotatable bonds is 5. The van der Waals surface area contributed by atoms with E-state index in [0.717, 1.165) is 9.91 Å². The maximum absolute atomic E-state index is 12.6. The number of hydrogen-bond acceptors (Lipinski definition) is 7. The fourth-order valence-corrected chi connectivity index (χ4v) is 4.63. The smallest absolute Gasteiger partial charge is 0.263 e. The molecule has 10 heteroatoms. The monoisotopic (exact) mass is 394 g/mol. The van der Waals surface area contributed by atoms with Crippen molar-refractivity contribution in [3.8, 4) is 0 Å². The summed E-state index contributed by atoms with van der Waals surface area (Å²) in [5, 5.41) is 8.74. The predicted molar refractivity (Wildman–Crippen MR) is 97.7 cm³/mol. The summed E-state index contributed by atoms with van der Waals surface area (Å²) < 4.78 is 27.6. The van der Waals surface area contributed by atoms with Gasteiger partial charge in [-0.15, -0.1) is 10.2 Å². The predicted octanol–water partition coefficient (Wildman–Crippen LogP) is 2.42. The van der Waals surface area contributed by atoms with Gasteiger partial charge in [0.25, 0.3) is 10.0 Å². The molecule has 0 spiro atoms. The minimum Gasteiger partial charge on any atom is -0.274 e. The summed E-state index contributed by atoms with van der Waals surface area (Å²) in [5.41, 5.74) is 0.936. The van der Waals surface area contributed by atoms with E-state index in [1.807, 2.05) is 13.8 Å². The third-order valence-electron chi connectivity index (χ3n) is 3.93. The summed E-state index contributed by atoms with van der Waals surface area (Å²) in [6.07, 6.45) is 0.351. The maximum atomic E-state index is 12.6. The Morgan fingerprint density at radius 2 is 1.81 bits per heavy atom. The molecule has 0 unspecified atom stereocenters. The molecular formula is C16H18N4O4S2. The Morgan fingerprint density at radius 3 is 2.35 bits per heavy atom. The molecular weight excluding hydrogens is 376 g/mol. The van der Waals surface area contributed by atoms with Gasteiger partial charge in [-0.2, -0.15) is 0 Å². The molecule has 1 saturated heterocycles. The van der Waals surface area contributed by atoms with Crippen molar-refractivity contribution in [1.29, 1.82) is 0 Å². The molecule has 2 heterocycles. The van der Waals surface area contributed by atoms with Crippen LogP contribution in [0.5, 0.6) is 0 Å². The Bertz CT molecular complexity index is 966. The van der Waals surface area contributed by atoms with Crippen LogP contribution >= 0.6 is 11.3 Å². The molecule has 8 nitrogen and oxygen atoms in total. The van der Waals surface area contributed by atoms with E-state index in [1.54, 1.807) is 6.92 Å². The van der Waals surface area contributed by atoms with Crippen LogP contribution in [0.15, 0.2) is 23.1 Å². The highest BCUT2D eigenvalue weighted by Crippen LogP contribution is 2.29. The zero-order chi connectivity index (χ0) is 19.1. The molecule has 0 radical (unpaired) electrons. The van der Waals surface area contributed by atoms with Crippen LogP contribution in [0.25, 0.3) is 0 Å². The van der Waals surface area contributed by atoms with Crippen LogP contribution in [0.4, 0.5) is 10.8 Å². The van der Waals surface area contributed by atoms with E-state index in [-0.39, 0.29) is 40.6 Å². The Balaban J connectivity index is 1.87. The minimum absolute atomic E-state index is 0.0270. The van der Waals surface area contributed by atoms with E-state index in [0.29, 0.717) is 11.3 Å². The summed E-state index contributed by atoms with van der Waals surface area (Å²) in [4.78, 5) is 24.9. The number of hydrogen-bond donors (Lipinski definition) is 1.